The minimum absolute atomic E-state index is 0.125. The average Bonchev–Trinajstić information content (AvgIpc) is 2.85. The number of imidazole rings is 1. The van der Waals surface area contributed by atoms with Crippen molar-refractivity contribution >= 4 is 17.7 Å². The fourth-order valence-corrected chi connectivity index (χ4v) is 2.11. The first-order valence-electron chi connectivity index (χ1n) is 4.96. The van der Waals surface area contributed by atoms with Crippen molar-refractivity contribution in [3.63, 3.8) is 0 Å². The molecule has 0 atom stereocenters. The number of hydroxylamine groups is 1. The molecular formula is C11H11N3O2S. The van der Waals surface area contributed by atoms with E-state index in [2.05, 4.69) is 4.98 Å². The minimum Gasteiger partial charge on any atom is -0.295 e. The second-order valence-corrected chi connectivity index (χ2v) is 4.18. The number of para-hydroxylation sites is 1. The van der Waals surface area contributed by atoms with Crippen LogP contribution in [0.5, 0.6) is 0 Å². The number of hydrogen-bond acceptors (Lipinski definition) is 4. The van der Waals surface area contributed by atoms with Gasteiger partial charge in [0, 0.05) is 18.1 Å². The molecule has 0 bridgehead atoms. The van der Waals surface area contributed by atoms with Gasteiger partial charge in [-0.1, -0.05) is 30.0 Å². The van der Waals surface area contributed by atoms with Crippen LogP contribution in [0.3, 0.4) is 0 Å². The molecular weight excluding hydrogens is 238 g/mol. The van der Waals surface area contributed by atoms with Crippen LogP contribution in [0, 0.1) is 0 Å². The Morgan fingerprint density at radius 3 is 2.88 bits per heavy atom. The Bertz CT molecular complexity index is 498. The summed E-state index contributed by atoms with van der Waals surface area (Å²) in [4.78, 5) is 15.1. The van der Waals surface area contributed by atoms with Crippen LogP contribution in [0.25, 0.3) is 5.69 Å². The van der Waals surface area contributed by atoms with Gasteiger partial charge in [-0.05, 0) is 12.1 Å². The first-order chi connectivity index (χ1) is 8.31. The molecule has 1 aromatic heterocycles. The van der Waals surface area contributed by atoms with E-state index < -0.39 is 5.91 Å². The summed E-state index contributed by atoms with van der Waals surface area (Å²) in [5.41, 5.74) is 2.57. The number of benzene rings is 1. The van der Waals surface area contributed by atoms with Crippen molar-refractivity contribution in [2.45, 2.75) is 5.16 Å². The van der Waals surface area contributed by atoms with Gasteiger partial charge in [0.05, 0.1) is 5.75 Å². The van der Waals surface area contributed by atoms with E-state index in [9.17, 15) is 4.79 Å². The van der Waals surface area contributed by atoms with Gasteiger partial charge in [0.25, 0.3) is 5.91 Å². The third kappa shape index (κ3) is 2.86. The Hall–Kier alpha value is -1.79. The Morgan fingerprint density at radius 2 is 2.18 bits per heavy atom. The van der Waals surface area contributed by atoms with Gasteiger partial charge in [-0.3, -0.25) is 14.6 Å². The average molecular weight is 249 g/mol. The van der Waals surface area contributed by atoms with E-state index in [1.165, 1.54) is 11.8 Å². The van der Waals surface area contributed by atoms with Gasteiger partial charge >= 0.3 is 0 Å². The van der Waals surface area contributed by atoms with Gasteiger partial charge in [0.1, 0.15) is 0 Å². The van der Waals surface area contributed by atoms with Crippen molar-refractivity contribution in [1.82, 2.24) is 15.0 Å². The van der Waals surface area contributed by atoms with E-state index in [-0.39, 0.29) is 5.75 Å². The Labute approximate surface area is 102 Å². The maximum absolute atomic E-state index is 10.9. The second-order valence-electron chi connectivity index (χ2n) is 3.24. The number of carbonyl (C=O) groups excluding carboxylic acids is 1. The van der Waals surface area contributed by atoms with Gasteiger partial charge in [-0.25, -0.2) is 10.5 Å². The maximum Gasteiger partial charge on any atom is 0.253 e. The van der Waals surface area contributed by atoms with Crippen molar-refractivity contribution in [2.24, 2.45) is 0 Å². The summed E-state index contributed by atoms with van der Waals surface area (Å²) in [6, 6.07) is 9.72. The highest BCUT2D eigenvalue weighted by molar-refractivity contribution is 7.99. The quantitative estimate of drug-likeness (QED) is 0.489. The summed E-state index contributed by atoms with van der Waals surface area (Å²) in [5, 5.41) is 9.12. The molecule has 0 aliphatic heterocycles. The number of rotatable bonds is 4. The maximum atomic E-state index is 10.9. The number of carbonyl (C=O) groups is 1. The monoisotopic (exact) mass is 249 g/mol. The minimum atomic E-state index is -0.447. The lowest BCUT2D eigenvalue weighted by atomic mass is 10.3. The second kappa shape index (κ2) is 5.51. The summed E-state index contributed by atoms with van der Waals surface area (Å²) in [6.07, 6.45) is 3.50. The summed E-state index contributed by atoms with van der Waals surface area (Å²) >= 11 is 1.26. The molecule has 2 rings (SSSR count). The van der Waals surface area contributed by atoms with Crippen LogP contribution < -0.4 is 5.48 Å². The highest BCUT2D eigenvalue weighted by Crippen LogP contribution is 2.19. The van der Waals surface area contributed by atoms with Crippen LogP contribution in [-0.4, -0.2) is 26.4 Å². The number of thioether (sulfide) groups is 1. The molecule has 1 heterocycles. The Kier molecular flexibility index (Phi) is 3.79. The fourth-order valence-electron chi connectivity index (χ4n) is 1.34. The number of aromatic nitrogens is 2. The predicted octanol–water partition coefficient (Wildman–Crippen LogP) is 1.47. The first kappa shape index (κ1) is 11.7. The zero-order valence-corrected chi connectivity index (χ0v) is 9.72. The molecule has 0 unspecified atom stereocenters. The number of amides is 1. The molecule has 2 aromatic rings. The SMILES string of the molecule is O=C(CSc1nccn1-c1ccccc1)NO. The van der Waals surface area contributed by atoms with Gasteiger partial charge in [0.15, 0.2) is 5.16 Å². The summed E-state index contributed by atoms with van der Waals surface area (Å²) < 4.78 is 1.88. The van der Waals surface area contributed by atoms with Gasteiger partial charge in [-0.15, -0.1) is 0 Å². The van der Waals surface area contributed by atoms with Gasteiger partial charge < -0.3 is 0 Å². The van der Waals surface area contributed by atoms with Crippen molar-refractivity contribution < 1.29 is 10.0 Å². The number of nitrogens with one attached hydrogen (secondary N) is 1. The normalized spacial score (nSPS) is 10.2. The largest absolute Gasteiger partial charge is 0.295 e. The third-order valence-corrected chi connectivity index (χ3v) is 3.07. The van der Waals surface area contributed by atoms with Crippen molar-refractivity contribution in [2.75, 3.05) is 5.75 Å². The molecule has 0 fully saturated rings. The Morgan fingerprint density at radius 1 is 1.41 bits per heavy atom. The van der Waals surface area contributed by atoms with E-state index >= 15 is 0 Å². The van der Waals surface area contributed by atoms with E-state index in [0.717, 1.165) is 5.69 Å². The first-order valence-corrected chi connectivity index (χ1v) is 5.94. The van der Waals surface area contributed by atoms with Crippen LogP contribution in [0.2, 0.25) is 0 Å². The summed E-state index contributed by atoms with van der Waals surface area (Å²) in [7, 11) is 0. The van der Waals surface area contributed by atoms with Crippen LogP contribution in [0.4, 0.5) is 0 Å². The van der Waals surface area contributed by atoms with E-state index in [1.807, 2.05) is 41.1 Å². The van der Waals surface area contributed by atoms with Crippen molar-refractivity contribution in [3.05, 3.63) is 42.7 Å². The zero-order chi connectivity index (χ0) is 12.1. The van der Waals surface area contributed by atoms with Gasteiger partial charge in [-0.2, -0.15) is 0 Å². The molecule has 6 heteroatoms. The molecule has 5 nitrogen and oxygen atoms in total. The molecule has 0 aliphatic carbocycles. The molecule has 0 aliphatic rings. The lowest BCUT2D eigenvalue weighted by molar-refractivity contribution is -0.126. The number of hydrogen-bond donors (Lipinski definition) is 2. The summed E-state index contributed by atoms with van der Waals surface area (Å²) in [6.45, 7) is 0. The third-order valence-electron chi connectivity index (χ3n) is 2.10. The van der Waals surface area contributed by atoms with E-state index in [4.69, 9.17) is 5.21 Å². The molecule has 0 saturated heterocycles. The molecule has 0 radical (unpaired) electrons. The topological polar surface area (TPSA) is 67.2 Å². The van der Waals surface area contributed by atoms with E-state index in [0.29, 0.717) is 5.16 Å². The standard InChI is InChI=1S/C11H11N3O2S/c15-10(13-16)8-17-11-12-6-7-14(11)9-4-2-1-3-5-9/h1-7,16H,8H2,(H,13,15). The molecule has 0 spiro atoms. The predicted molar refractivity (Wildman–Crippen MR) is 64.2 cm³/mol. The van der Waals surface area contributed by atoms with E-state index in [1.54, 1.807) is 11.7 Å². The zero-order valence-electron chi connectivity index (χ0n) is 8.91. The fraction of sp³-hybridized carbons (Fsp3) is 0.0909. The lowest BCUT2D eigenvalue weighted by Crippen LogP contribution is -2.20. The highest BCUT2D eigenvalue weighted by Gasteiger charge is 2.07. The van der Waals surface area contributed by atoms with Crippen LogP contribution in [0.15, 0.2) is 47.9 Å². The molecule has 2 N–H and O–H groups in total. The lowest BCUT2D eigenvalue weighted by Gasteiger charge is -2.06. The van der Waals surface area contributed by atoms with Crippen molar-refractivity contribution in [3.8, 4) is 5.69 Å². The van der Waals surface area contributed by atoms with Crippen LogP contribution in [-0.2, 0) is 4.79 Å². The smallest absolute Gasteiger partial charge is 0.253 e. The molecule has 88 valence electrons. The Balaban J connectivity index is 2.15. The van der Waals surface area contributed by atoms with Crippen LogP contribution >= 0.6 is 11.8 Å². The molecule has 1 aromatic carbocycles. The molecule has 1 amide bonds. The van der Waals surface area contributed by atoms with Crippen molar-refractivity contribution in [1.29, 1.82) is 0 Å². The molecule has 17 heavy (non-hydrogen) atoms. The van der Waals surface area contributed by atoms with Crippen LogP contribution in [0.1, 0.15) is 0 Å². The highest BCUT2D eigenvalue weighted by atomic mass is 32.2. The summed E-state index contributed by atoms with van der Waals surface area (Å²) in [5.74, 6) is -0.321. The molecule has 0 saturated carbocycles. The number of nitrogens with zero attached hydrogens (tertiary/aromatic N) is 2. The van der Waals surface area contributed by atoms with Gasteiger partial charge in [0.2, 0.25) is 0 Å².